The Kier molecular flexibility index (Phi) is 11.0. The van der Waals surface area contributed by atoms with Gasteiger partial charge in [0.2, 0.25) is 11.8 Å². The Morgan fingerprint density at radius 3 is 2.55 bits per heavy atom. The van der Waals surface area contributed by atoms with E-state index in [1.54, 1.807) is 0 Å². The van der Waals surface area contributed by atoms with Crippen LogP contribution in [-0.4, -0.2) is 65.3 Å². The lowest BCUT2D eigenvalue weighted by molar-refractivity contribution is -0.147. The molecular formula is C29H41ClN6O2. The largest absolute Gasteiger partial charge is 0.370 e. The highest BCUT2D eigenvalue weighted by Crippen LogP contribution is 2.23. The SMILES string of the molecule is Cc1cc(Cl)ccc1C[C@@H](N)C(=O)N1C[C@@H](C)N(C(=O)CCCc2ccccc2)C[C@@H]1CCCNC(=N)N. The van der Waals surface area contributed by atoms with Crippen molar-refractivity contribution < 1.29 is 9.59 Å². The van der Waals surface area contributed by atoms with E-state index in [4.69, 9.17) is 28.5 Å². The minimum atomic E-state index is -0.687. The summed E-state index contributed by atoms with van der Waals surface area (Å²) in [5, 5.41) is 10.9. The van der Waals surface area contributed by atoms with E-state index in [1.165, 1.54) is 5.56 Å². The number of rotatable bonds is 11. The summed E-state index contributed by atoms with van der Waals surface area (Å²) >= 11 is 6.09. The second kappa shape index (κ2) is 14.2. The van der Waals surface area contributed by atoms with Crippen molar-refractivity contribution in [1.29, 1.82) is 5.41 Å². The van der Waals surface area contributed by atoms with Crippen LogP contribution in [0.4, 0.5) is 0 Å². The van der Waals surface area contributed by atoms with Crippen molar-refractivity contribution in [3.8, 4) is 0 Å². The van der Waals surface area contributed by atoms with Gasteiger partial charge >= 0.3 is 0 Å². The van der Waals surface area contributed by atoms with Crippen LogP contribution in [0, 0.1) is 12.3 Å². The molecule has 0 spiro atoms. The molecule has 0 bridgehead atoms. The van der Waals surface area contributed by atoms with Crippen molar-refractivity contribution in [3.05, 3.63) is 70.2 Å². The first kappa shape index (κ1) is 29.5. The molecule has 2 aromatic carbocycles. The average Bonchev–Trinajstić information content (AvgIpc) is 2.88. The predicted octanol–water partition coefficient (Wildman–Crippen LogP) is 3.23. The van der Waals surface area contributed by atoms with E-state index in [-0.39, 0.29) is 29.9 Å². The molecule has 0 aliphatic carbocycles. The van der Waals surface area contributed by atoms with Crippen molar-refractivity contribution in [2.75, 3.05) is 19.6 Å². The number of nitrogens with zero attached hydrogens (tertiary/aromatic N) is 2. The minimum absolute atomic E-state index is 0.0780. The van der Waals surface area contributed by atoms with E-state index in [0.29, 0.717) is 50.3 Å². The highest BCUT2D eigenvalue weighted by Gasteiger charge is 2.37. The molecule has 1 fully saturated rings. The number of hydrogen-bond donors (Lipinski definition) is 4. The molecule has 38 heavy (non-hydrogen) atoms. The molecule has 2 aromatic rings. The van der Waals surface area contributed by atoms with E-state index in [1.807, 2.05) is 60.0 Å². The Balaban J connectivity index is 1.65. The van der Waals surface area contributed by atoms with Gasteiger partial charge in [0, 0.05) is 43.2 Å². The van der Waals surface area contributed by atoms with Crippen LogP contribution in [0.5, 0.6) is 0 Å². The Labute approximate surface area is 231 Å². The van der Waals surface area contributed by atoms with Crippen LogP contribution in [0.2, 0.25) is 5.02 Å². The summed E-state index contributed by atoms with van der Waals surface area (Å²) in [5.74, 6) is -0.0637. The van der Waals surface area contributed by atoms with Crippen LogP contribution < -0.4 is 16.8 Å². The molecule has 1 heterocycles. The first-order valence-corrected chi connectivity index (χ1v) is 13.8. The second-order valence-electron chi connectivity index (χ2n) is 10.2. The molecule has 1 saturated heterocycles. The van der Waals surface area contributed by atoms with Crippen LogP contribution in [-0.2, 0) is 22.4 Å². The van der Waals surface area contributed by atoms with Gasteiger partial charge < -0.3 is 26.6 Å². The number of benzene rings is 2. The van der Waals surface area contributed by atoms with E-state index < -0.39 is 6.04 Å². The molecule has 3 rings (SSSR count). The lowest BCUT2D eigenvalue weighted by atomic mass is 9.97. The van der Waals surface area contributed by atoms with Crippen LogP contribution in [0.25, 0.3) is 0 Å². The summed E-state index contributed by atoms with van der Waals surface area (Å²) < 4.78 is 0. The summed E-state index contributed by atoms with van der Waals surface area (Å²) in [4.78, 5) is 30.6. The van der Waals surface area contributed by atoms with Gasteiger partial charge in [0.1, 0.15) is 0 Å². The molecule has 0 unspecified atom stereocenters. The lowest BCUT2D eigenvalue weighted by Crippen LogP contribution is -2.63. The third kappa shape index (κ3) is 8.46. The van der Waals surface area contributed by atoms with Crippen molar-refractivity contribution in [1.82, 2.24) is 15.1 Å². The quantitative estimate of drug-likeness (QED) is 0.197. The fraction of sp³-hybridized carbons (Fsp3) is 0.483. The van der Waals surface area contributed by atoms with Gasteiger partial charge in [-0.2, -0.15) is 0 Å². The number of aryl methyl sites for hydroxylation is 2. The number of hydrogen-bond acceptors (Lipinski definition) is 4. The number of nitrogens with one attached hydrogen (secondary N) is 2. The summed E-state index contributed by atoms with van der Waals surface area (Å²) in [6.45, 7) is 5.42. The van der Waals surface area contributed by atoms with Gasteiger partial charge in [-0.25, -0.2) is 0 Å². The fourth-order valence-electron chi connectivity index (χ4n) is 5.12. The molecular weight excluding hydrogens is 500 g/mol. The molecule has 6 N–H and O–H groups in total. The fourth-order valence-corrected chi connectivity index (χ4v) is 5.35. The molecule has 0 radical (unpaired) electrons. The van der Waals surface area contributed by atoms with Gasteiger partial charge in [-0.15, -0.1) is 0 Å². The highest BCUT2D eigenvalue weighted by atomic mass is 35.5. The molecule has 1 aliphatic rings. The maximum atomic E-state index is 13.6. The first-order valence-electron chi connectivity index (χ1n) is 13.4. The van der Waals surface area contributed by atoms with E-state index in [9.17, 15) is 9.59 Å². The summed E-state index contributed by atoms with van der Waals surface area (Å²) in [6, 6.07) is 14.9. The third-order valence-corrected chi connectivity index (χ3v) is 7.47. The van der Waals surface area contributed by atoms with Crippen LogP contribution in [0.1, 0.15) is 49.3 Å². The van der Waals surface area contributed by atoms with Gasteiger partial charge in [0.05, 0.1) is 6.04 Å². The van der Waals surface area contributed by atoms with Gasteiger partial charge in [0.15, 0.2) is 5.96 Å². The van der Waals surface area contributed by atoms with Crippen molar-refractivity contribution in [2.45, 2.75) is 70.5 Å². The topological polar surface area (TPSA) is 129 Å². The zero-order valence-corrected chi connectivity index (χ0v) is 23.2. The van der Waals surface area contributed by atoms with Crippen molar-refractivity contribution >= 4 is 29.4 Å². The van der Waals surface area contributed by atoms with Gasteiger partial charge in [-0.3, -0.25) is 15.0 Å². The standard InChI is InChI=1S/C29H41ClN6O2/c1-20-16-24(30)14-13-23(20)17-26(31)28(38)36-18-21(2)35(19-25(36)11-7-15-34-29(32)33)27(37)12-6-10-22-8-4-3-5-9-22/h3-5,8-9,13-14,16,21,25-26H,6-7,10-12,15,17-19,31H2,1-2H3,(H4,32,33,34)/t21-,25+,26-/m1/s1. The normalized spacial score (nSPS) is 18.2. The minimum Gasteiger partial charge on any atom is -0.370 e. The van der Waals surface area contributed by atoms with E-state index in [0.717, 1.165) is 24.0 Å². The van der Waals surface area contributed by atoms with E-state index in [2.05, 4.69) is 17.4 Å². The molecule has 9 heteroatoms. The number of carbonyl (C=O) groups excluding carboxylic acids is 2. The van der Waals surface area contributed by atoms with Gasteiger partial charge in [-0.1, -0.05) is 48.0 Å². The Hall–Kier alpha value is -3.10. The molecule has 206 valence electrons. The number of guanidine groups is 1. The Bertz CT molecular complexity index is 1100. The van der Waals surface area contributed by atoms with Gasteiger partial charge in [-0.05, 0) is 74.8 Å². The molecule has 8 nitrogen and oxygen atoms in total. The number of piperazine rings is 1. The molecule has 1 aliphatic heterocycles. The number of nitrogens with two attached hydrogens (primary N) is 2. The number of halogens is 1. The van der Waals surface area contributed by atoms with Crippen LogP contribution >= 0.6 is 11.6 Å². The zero-order valence-electron chi connectivity index (χ0n) is 22.5. The first-order chi connectivity index (χ1) is 18.2. The zero-order chi connectivity index (χ0) is 27.7. The number of carbonyl (C=O) groups is 2. The molecule has 2 amide bonds. The maximum absolute atomic E-state index is 13.6. The third-order valence-electron chi connectivity index (χ3n) is 7.23. The smallest absolute Gasteiger partial charge is 0.240 e. The Morgan fingerprint density at radius 2 is 1.87 bits per heavy atom. The monoisotopic (exact) mass is 540 g/mol. The number of amides is 2. The molecule has 0 aromatic heterocycles. The van der Waals surface area contributed by atoms with Crippen molar-refractivity contribution in [2.24, 2.45) is 11.5 Å². The average molecular weight is 541 g/mol. The van der Waals surface area contributed by atoms with Crippen LogP contribution in [0.15, 0.2) is 48.5 Å². The Morgan fingerprint density at radius 1 is 1.13 bits per heavy atom. The van der Waals surface area contributed by atoms with Gasteiger partial charge in [0.25, 0.3) is 0 Å². The predicted molar refractivity (Wildman–Crippen MR) is 153 cm³/mol. The van der Waals surface area contributed by atoms with E-state index >= 15 is 0 Å². The highest BCUT2D eigenvalue weighted by molar-refractivity contribution is 6.30. The molecule has 0 saturated carbocycles. The second-order valence-corrected chi connectivity index (χ2v) is 10.7. The lowest BCUT2D eigenvalue weighted by Gasteiger charge is -2.46. The summed E-state index contributed by atoms with van der Waals surface area (Å²) in [6.07, 6.45) is 3.93. The molecule has 3 atom stereocenters. The maximum Gasteiger partial charge on any atom is 0.240 e. The summed E-state index contributed by atoms with van der Waals surface area (Å²) in [5.41, 5.74) is 15.1. The summed E-state index contributed by atoms with van der Waals surface area (Å²) in [7, 11) is 0. The van der Waals surface area contributed by atoms with Crippen molar-refractivity contribution in [3.63, 3.8) is 0 Å². The van der Waals surface area contributed by atoms with Crippen LogP contribution in [0.3, 0.4) is 0 Å².